The van der Waals surface area contributed by atoms with Crippen LogP contribution in [-0.2, 0) is 4.74 Å². The van der Waals surface area contributed by atoms with Crippen molar-refractivity contribution in [3.05, 3.63) is 0 Å². The number of likely N-dealkylation sites (N-methyl/N-ethyl adjacent to an activating group) is 1. The molecule has 0 saturated carbocycles. The molecule has 1 saturated heterocycles. The van der Waals surface area contributed by atoms with Crippen LogP contribution in [0.25, 0.3) is 0 Å². The molecule has 0 aliphatic carbocycles. The maximum Gasteiger partial charge on any atom is 0.0728 e. The fourth-order valence-electron chi connectivity index (χ4n) is 2.01. The Balaban J connectivity index is 2.13. The minimum Gasteiger partial charge on any atom is -0.377 e. The zero-order valence-corrected chi connectivity index (χ0v) is 11.5. The van der Waals surface area contributed by atoms with Gasteiger partial charge in [0.25, 0.3) is 0 Å². The van der Waals surface area contributed by atoms with Crippen LogP contribution in [0.1, 0.15) is 34.1 Å². The van der Waals surface area contributed by atoms with Crippen molar-refractivity contribution in [2.45, 2.75) is 45.8 Å². The van der Waals surface area contributed by atoms with E-state index in [2.05, 4.69) is 45.0 Å². The van der Waals surface area contributed by atoms with E-state index in [9.17, 15) is 0 Å². The summed E-state index contributed by atoms with van der Waals surface area (Å²) in [6.45, 7) is 13.0. The van der Waals surface area contributed by atoms with E-state index in [1.807, 2.05) is 0 Å². The molecule has 1 aliphatic heterocycles. The van der Waals surface area contributed by atoms with E-state index in [-0.39, 0.29) is 5.54 Å². The van der Waals surface area contributed by atoms with E-state index in [4.69, 9.17) is 4.74 Å². The number of ether oxygens (including phenoxy) is 1. The van der Waals surface area contributed by atoms with Gasteiger partial charge < -0.3 is 15.0 Å². The van der Waals surface area contributed by atoms with Gasteiger partial charge in [0.1, 0.15) is 0 Å². The Morgan fingerprint density at radius 1 is 1.38 bits per heavy atom. The van der Waals surface area contributed by atoms with Crippen LogP contribution < -0.4 is 5.32 Å². The van der Waals surface area contributed by atoms with Crippen LogP contribution in [0, 0.1) is 5.92 Å². The molecule has 16 heavy (non-hydrogen) atoms. The molecule has 1 N–H and O–H groups in total. The van der Waals surface area contributed by atoms with Crippen LogP contribution in [0.5, 0.6) is 0 Å². The summed E-state index contributed by atoms with van der Waals surface area (Å²) in [6.07, 6.45) is 1.67. The molecule has 1 aliphatic rings. The molecule has 0 spiro atoms. The Hall–Kier alpha value is -0.120. The van der Waals surface area contributed by atoms with E-state index >= 15 is 0 Å². The SMILES string of the molecule is CC1CCOC1CN(C)CCNC(C)(C)C. The lowest BCUT2D eigenvalue weighted by Crippen LogP contribution is -2.42. The Labute approximate surface area is 101 Å². The molecule has 0 aromatic rings. The van der Waals surface area contributed by atoms with Crippen molar-refractivity contribution in [2.75, 3.05) is 33.3 Å². The van der Waals surface area contributed by atoms with Crippen molar-refractivity contribution in [3.63, 3.8) is 0 Å². The van der Waals surface area contributed by atoms with Gasteiger partial charge in [-0.15, -0.1) is 0 Å². The predicted octanol–water partition coefficient (Wildman–Crippen LogP) is 1.73. The van der Waals surface area contributed by atoms with Gasteiger partial charge in [-0.25, -0.2) is 0 Å². The van der Waals surface area contributed by atoms with E-state index < -0.39 is 0 Å². The summed E-state index contributed by atoms with van der Waals surface area (Å²) in [5, 5.41) is 3.51. The maximum atomic E-state index is 5.72. The molecule has 0 radical (unpaired) electrons. The van der Waals surface area contributed by atoms with Gasteiger partial charge in [-0.05, 0) is 40.2 Å². The Morgan fingerprint density at radius 2 is 2.06 bits per heavy atom. The lowest BCUT2D eigenvalue weighted by atomic mass is 10.0. The smallest absolute Gasteiger partial charge is 0.0728 e. The quantitative estimate of drug-likeness (QED) is 0.775. The van der Waals surface area contributed by atoms with E-state index in [0.717, 1.165) is 32.2 Å². The summed E-state index contributed by atoms with van der Waals surface area (Å²) in [5.41, 5.74) is 0.220. The molecule has 0 aromatic carbocycles. The fraction of sp³-hybridized carbons (Fsp3) is 1.00. The molecule has 0 aromatic heterocycles. The minimum atomic E-state index is 0.220. The third-order valence-corrected chi connectivity index (χ3v) is 3.18. The van der Waals surface area contributed by atoms with Crippen molar-refractivity contribution in [1.82, 2.24) is 10.2 Å². The van der Waals surface area contributed by atoms with Crippen molar-refractivity contribution in [1.29, 1.82) is 0 Å². The number of hydrogen-bond donors (Lipinski definition) is 1. The molecule has 1 rings (SSSR count). The van der Waals surface area contributed by atoms with E-state index in [1.54, 1.807) is 0 Å². The highest BCUT2D eigenvalue weighted by atomic mass is 16.5. The fourth-order valence-corrected chi connectivity index (χ4v) is 2.01. The second kappa shape index (κ2) is 5.99. The molecule has 3 heteroatoms. The molecule has 3 nitrogen and oxygen atoms in total. The van der Waals surface area contributed by atoms with E-state index in [0.29, 0.717) is 6.10 Å². The first kappa shape index (κ1) is 13.9. The highest BCUT2D eigenvalue weighted by molar-refractivity contribution is 4.76. The third-order valence-electron chi connectivity index (χ3n) is 3.18. The van der Waals surface area contributed by atoms with Crippen LogP contribution in [0.2, 0.25) is 0 Å². The average molecular weight is 228 g/mol. The summed E-state index contributed by atoms with van der Waals surface area (Å²) in [6, 6.07) is 0. The van der Waals surface area contributed by atoms with Gasteiger partial charge in [-0.1, -0.05) is 6.92 Å². The number of nitrogens with one attached hydrogen (secondary N) is 1. The summed E-state index contributed by atoms with van der Waals surface area (Å²) < 4.78 is 5.72. The number of hydrogen-bond acceptors (Lipinski definition) is 3. The van der Waals surface area contributed by atoms with Crippen molar-refractivity contribution in [3.8, 4) is 0 Å². The average Bonchev–Trinajstić information content (AvgIpc) is 2.49. The normalized spacial score (nSPS) is 26.6. The highest BCUT2D eigenvalue weighted by Crippen LogP contribution is 2.20. The van der Waals surface area contributed by atoms with Crippen molar-refractivity contribution < 1.29 is 4.74 Å². The second-order valence-electron chi connectivity index (χ2n) is 6.11. The molecule has 0 amide bonds. The number of nitrogens with zero attached hydrogens (tertiary/aromatic N) is 1. The van der Waals surface area contributed by atoms with Gasteiger partial charge in [0.15, 0.2) is 0 Å². The molecular formula is C13H28N2O. The zero-order chi connectivity index (χ0) is 12.2. The summed E-state index contributed by atoms with van der Waals surface area (Å²) in [5.74, 6) is 0.720. The molecule has 0 bridgehead atoms. The molecule has 1 heterocycles. The molecular weight excluding hydrogens is 200 g/mol. The largest absolute Gasteiger partial charge is 0.377 e. The summed E-state index contributed by atoms with van der Waals surface area (Å²) in [7, 11) is 2.18. The standard InChI is InChI=1S/C13H28N2O/c1-11-6-9-16-12(11)10-15(5)8-7-14-13(2,3)4/h11-12,14H,6-10H2,1-5H3. The first-order valence-electron chi connectivity index (χ1n) is 6.43. The summed E-state index contributed by atoms with van der Waals surface area (Å²) in [4.78, 5) is 2.37. The Morgan fingerprint density at radius 3 is 2.56 bits per heavy atom. The molecule has 1 fully saturated rings. The van der Waals surface area contributed by atoms with Crippen molar-refractivity contribution in [2.24, 2.45) is 5.92 Å². The van der Waals surface area contributed by atoms with Gasteiger partial charge in [0, 0.05) is 31.8 Å². The van der Waals surface area contributed by atoms with Crippen LogP contribution in [-0.4, -0.2) is 49.8 Å². The topological polar surface area (TPSA) is 24.5 Å². The van der Waals surface area contributed by atoms with Gasteiger partial charge in [-0.3, -0.25) is 0 Å². The lowest BCUT2D eigenvalue weighted by Gasteiger charge is -2.26. The van der Waals surface area contributed by atoms with Gasteiger partial charge in [-0.2, -0.15) is 0 Å². The Bertz CT molecular complexity index is 201. The van der Waals surface area contributed by atoms with Crippen molar-refractivity contribution >= 4 is 0 Å². The van der Waals surface area contributed by atoms with Crippen LogP contribution in [0.3, 0.4) is 0 Å². The maximum absolute atomic E-state index is 5.72. The van der Waals surface area contributed by atoms with Crippen LogP contribution in [0.15, 0.2) is 0 Å². The first-order valence-corrected chi connectivity index (χ1v) is 6.43. The first-order chi connectivity index (χ1) is 7.38. The predicted molar refractivity (Wildman–Crippen MR) is 68.8 cm³/mol. The number of rotatable bonds is 5. The molecule has 96 valence electrons. The molecule has 2 atom stereocenters. The second-order valence-corrected chi connectivity index (χ2v) is 6.11. The zero-order valence-electron chi connectivity index (χ0n) is 11.5. The van der Waals surface area contributed by atoms with Crippen LogP contribution in [0.4, 0.5) is 0 Å². The highest BCUT2D eigenvalue weighted by Gasteiger charge is 2.25. The monoisotopic (exact) mass is 228 g/mol. The minimum absolute atomic E-state index is 0.220. The summed E-state index contributed by atoms with van der Waals surface area (Å²) >= 11 is 0. The van der Waals surface area contributed by atoms with Crippen LogP contribution >= 0.6 is 0 Å². The van der Waals surface area contributed by atoms with Gasteiger partial charge >= 0.3 is 0 Å². The molecule has 2 unspecified atom stereocenters. The van der Waals surface area contributed by atoms with E-state index in [1.165, 1.54) is 6.42 Å². The Kier molecular flexibility index (Phi) is 5.22. The van der Waals surface area contributed by atoms with Gasteiger partial charge in [0.2, 0.25) is 0 Å². The lowest BCUT2D eigenvalue weighted by molar-refractivity contribution is 0.0649. The van der Waals surface area contributed by atoms with Gasteiger partial charge in [0.05, 0.1) is 6.10 Å². The third kappa shape index (κ3) is 5.28.